The number of carboxylic acid groups (broad SMARTS) is 1. The molecule has 4 amide bonds. The van der Waals surface area contributed by atoms with E-state index in [1.54, 1.807) is 9.80 Å². The second kappa shape index (κ2) is 10.4. The number of H-pyrrole nitrogens is 1. The summed E-state index contributed by atoms with van der Waals surface area (Å²) >= 11 is 0. The van der Waals surface area contributed by atoms with Crippen molar-refractivity contribution in [1.82, 2.24) is 24.8 Å². The molecule has 3 heterocycles. The van der Waals surface area contributed by atoms with Gasteiger partial charge in [0.25, 0.3) is 23.8 Å². The minimum Gasteiger partial charge on any atom is -0.483 e. The van der Waals surface area contributed by atoms with E-state index < -0.39 is 17.0 Å². The Morgan fingerprint density at radius 2 is 1.88 bits per heavy atom. The van der Waals surface area contributed by atoms with Crippen LogP contribution in [0.1, 0.15) is 37.2 Å². The number of likely N-dealkylation sites (N-methyl/N-ethyl adjacent to an activating group) is 1. The third-order valence-corrected chi connectivity index (χ3v) is 5.55. The number of rotatable bonds is 6. The summed E-state index contributed by atoms with van der Waals surface area (Å²) < 4.78 is 4.91. The van der Waals surface area contributed by atoms with Gasteiger partial charge in [0.1, 0.15) is 5.54 Å². The molecule has 0 atom stereocenters. The maximum Gasteiger partial charge on any atom is 0.327 e. The summed E-state index contributed by atoms with van der Waals surface area (Å²) in [5.41, 5.74) is -1.39. The summed E-state index contributed by atoms with van der Waals surface area (Å²) in [7, 11) is 3.80. The van der Waals surface area contributed by atoms with Crippen LogP contribution in [0, 0.1) is 5.92 Å². The first-order chi connectivity index (χ1) is 15.1. The van der Waals surface area contributed by atoms with E-state index in [4.69, 9.17) is 14.4 Å². The predicted molar refractivity (Wildman–Crippen MR) is 113 cm³/mol. The number of nitrogens with zero attached hydrogens (tertiary/aromatic N) is 4. The lowest BCUT2D eigenvalue weighted by molar-refractivity contribution is -0.135. The van der Waals surface area contributed by atoms with Gasteiger partial charge in [-0.1, -0.05) is 13.8 Å². The highest BCUT2D eigenvalue weighted by Gasteiger charge is 2.58. The Bertz CT molecular complexity index is 883. The minimum absolute atomic E-state index is 0.0496. The summed E-state index contributed by atoms with van der Waals surface area (Å²) in [6.07, 6.45) is 0.728. The number of aromatic amines is 1. The molecule has 1 aromatic heterocycles. The van der Waals surface area contributed by atoms with Crippen molar-refractivity contribution in [2.45, 2.75) is 32.2 Å². The fourth-order valence-electron chi connectivity index (χ4n) is 4.01. The van der Waals surface area contributed by atoms with Gasteiger partial charge in [0, 0.05) is 32.7 Å². The first-order valence-corrected chi connectivity index (χ1v) is 10.4. The van der Waals surface area contributed by atoms with Gasteiger partial charge in [-0.25, -0.2) is 4.79 Å². The first-order valence-electron chi connectivity index (χ1n) is 10.4. The molecular weight excluding hydrogens is 422 g/mol. The maximum absolute atomic E-state index is 13.3. The molecule has 12 heteroatoms. The standard InChI is InChI=1S/C19H29N5O5.CH2O2/c1-13(2)12-24-18(28)23(10-9-21(3)4)17(27)19(24)5-7-22(8-6-19)16(26)14-11-15(25)20-29-14;2-1-3/h11,13H,5-10,12H2,1-4H3,(H,20,25);1H,(H,2,3). The Kier molecular flexibility index (Phi) is 8.19. The van der Waals surface area contributed by atoms with Crippen LogP contribution in [0.25, 0.3) is 0 Å². The van der Waals surface area contributed by atoms with Crippen molar-refractivity contribution in [2.24, 2.45) is 5.92 Å². The molecule has 2 fully saturated rings. The lowest BCUT2D eigenvalue weighted by atomic mass is 9.85. The van der Waals surface area contributed by atoms with Gasteiger partial charge in [-0.05, 0) is 32.9 Å². The monoisotopic (exact) mass is 453 g/mol. The van der Waals surface area contributed by atoms with Crippen LogP contribution in [-0.4, -0.2) is 107 Å². The zero-order valence-corrected chi connectivity index (χ0v) is 18.9. The summed E-state index contributed by atoms with van der Waals surface area (Å²) in [6.45, 7) is 5.83. The van der Waals surface area contributed by atoms with Crippen molar-refractivity contribution in [3.8, 4) is 0 Å². The van der Waals surface area contributed by atoms with Crippen LogP contribution in [0.5, 0.6) is 0 Å². The number of carbonyl (C=O) groups excluding carboxylic acids is 3. The maximum atomic E-state index is 13.3. The van der Waals surface area contributed by atoms with E-state index in [9.17, 15) is 19.2 Å². The molecule has 0 saturated carbocycles. The molecule has 2 aliphatic heterocycles. The number of imide groups is 1. The van der Waals surface area contributed by atoms with Crippen molar-refractivity contribution in [1.29, 1.82) is 0 Å². The lowest BCUT2D eigenvalue weighted by Gasteiger charge is -2.42. The number of amides is 4. The van der Waals surface area contributed by atoms with Crippen molar-refractivity contribution < 1.29 is 28.8 Å². The smallest absolute Gasteiger partial charge is 0.327 e. The van der Waals surface area contributed by atoms with E-state index in [-0.39, 0.29) is 30.1 Å². The minimum atomic E-state index is -0.913. The number of urea groups is 1. The van der Waals surface area contributed by atoms with E-state index >= 15 is 0 Å². The Labute approximate surface area is 185 Å². The molecule has 0 radical (unpaired) electrons. The summed E-state index contributed by atoms with van der Waals surface area (Å²) in [4.78, 5) is 65.1. The van der Waals surface area contributed by atoms with E-state index in [2.05, 4.69) is 5.16 Å². The quantitative estimate of drug-likeness (QED) is 0.456. The van der Waals surface area contributed by atoms with Gasteiger partial charge >= 0.3 is 6.03 Å². The molecular formula is C20H31N5O7. The largest absolute Gasteiger partial charge is 0.483 e. The van der Waals surface area contributed by atoms with Gasteiger partial charge in [0.05, 0.1) is 6.07 Å². The number of aromatic nitrogens is 1. The molecule has 0 unspecified atom stereocenters. The van der Waals surface area contributed by atoms with Crippen molar-refractivity contribution in [2.75, 3.05) is 46.8 Å². The lowest BCUT2D eigenvalue weighted by Crippen LogP contribution is -2.58. The summed E-state index contributed by atoms with van der Waals surface area (Å²) in [6, 6.07) is 0.868. The second-order valence-electron chi connectivity index (χ2n) is 8.55. The van der Waals surface area contributed by atoms with Gasteiger partial charge in [-0.3, -0.25) is 24.1 Å². The van der Waals surface area contributed by atoms with E-state index in [1.165, 1.54) is 4.90 Å². The molecule has 178 valence electrons. The van der Waals surface area contributed by atoms with Crippen LogP contribution in [0.3, 0.4) is 0 Å². The third kappa shape index (κ3) is 5.18. The molecule has 32 heavy (non-hydrogen) atoms. The third-order valence-electron chi connectivity index (χ3n) is 5.55. The Morgan fingerprint density at radius 3 is 2.34 bits per heavy atom. The molecule has 2 N–H and O–H groups in total. The van der Waals surface area contributed by atoms with Gasteiger partial charge in [0.15, 0.2) is 0 Å². The van der Waals surface area contributed by atoms with Crippen LogP contribution in [0.15, 0.2) is 15.4 Å². The van der Waals surface area contributed by atoms with Crippen LogP contribution >= 0.6 is 0 Å². The van der Waals surface area contributed by atoms with E-state index in [0.717, 1.165) is 6.07 Å². The number of nitrogens with one attached hydrogen (secondary N) is 1. The van der Waals surface area contributed by atoms with Crippen molar-refractivity contribution >= 4 is 24.3 Å². The van der Waals surface area contributed by atoms with Gasteiger partial charge < -0.3 is 24.3 Å². The molecule has 2 saturated heterocycles. The number of piperidine rings is 1. The molecule has 12 nitrogen and oxygen atoms in total. The molecule has 1 aromatic rings. The molecule has 0 aromatic carbocycles. The second-order valence-corrected chi connectivity index (χ2v) is 8.55. The first kappa shape index (κ1) is 25.1. The van der Waals surface area contributed by atoms with E-state index in [1.807, 2.05) is 32.8 Å². The predicted octanol–water partition coefficient (Wildman–Crippen LogP) is 0.125. The number of likely N-dealkylation sites (tertiary alicyclic amines) is 1. The Balaban J connectivity index is 0.00000114. The zero-order chi connectivity index (χ0) is 24.1. The van der Waals surface area contributed by atoms with Gasteiger partial charge in [-0.15, -0.1) is 0 Å². The van der Waals surface area contributed by atoms with E-state index in [0.29, 0.717) is 45.6 Å². The average Bonchev–Trinajstić information content (AvgIpc) is 3.24. The van der Waals surface area contributed by atoms with Crippen molar-refractivity contribution in [3.63, 3.8) is 0 Å². The normalized spacial score (nSPS) is 17.9. The van der Waals surface area contributed by atoms with Gasteiger partial charge in [-0.2, -0.15) is 5.16 Å². The topological polar surface area (TPSA) is 147 Å². The highest BCUT2D eigenvalue weighted by Crippen LogP contribution is 2.38. The fourth-order valence-corrected chi connectivity index (χ4v) is 4.01. The van der Waals surface area contributed by atoms with Crippen LogP contribution in [-0.2, 0) is 9.59 Å². The molecule has 0 bridgehead atoms. The summed E-state index contributed by atoms with van der Waals surface area (Å²) in [5, 5.41) is 9.00. The SMILES string of the molecule is CC(C)CN1C(=O)N(CCN(C)C)C(=O)C12CCN(C(=O)c1cc(=O)[nH]o1)CC2.O=CO. The molecule has 0 aliphatic carbocycles. The Morgan fingerprint density at radius 1 is 1.28 bits per heavy atom. The number of carbonyl (C=O) groups is 4. The molecule has 1 spiro atoms. The fraction of sp³-hybridized carbons (Fsp3) is 0.650. The number of hydrogen-bond donors (Lipinski definition) is 2. The highest BCUT2D eigenvalue weighted by atomic mass is 16.5. The van der Waals surface area contributed by atoms with Crippen molar-refractivity contribution in [3.05, 3.63) is 22.2 Å². The highest BCUT2D eigenvalue weighted by molar-refractivity contribution is 6.07. The van der Waals surface area contributed by atoms with Crippen LogP contribution in [0.4, 0.5) is 4.79 Å². The zero-order valence-electron chi connectivity index (χ0n) is 18.9. The molecule has 3 rings (SSSR count). The van der Waals surface area contributed by atoms with Crippen LogP contribution in [0.2, 0.25) is 0 Å². The van der Waals surface area contributed by atoms with Gasteiger partial charge in [0.2, 0.25) is 5.76 Å². The Hall–Kier alpha value is -3.15. The molecule has 2 aliphatic rings. The average molecular weight is 453 g/mol. The summed E-state index contributed by atoms with van der Waals surface area (Å²) in [5.74, 6) is -0.405. The van der Waals surface area contributed by atoms with Crippen LogP contribution < -0.4 is 5.56 Å². The number of hydrogen-bond acceptors (Lipinski definition) is 7.